The highest BCUT2D eigenvalue weighted by Gasteiger charge is 2.61. The van der Waals surface area contributed by atoms with E-state index in [0.717, 1.165) is 6.42 Å². The summed E-state index contributed by atoms with van der Waals surface area (Å²) in [6.07, 6.45) is -0.944. The molecule has 0 aliphatic carbocycles. The van der Waals surface area contributed by atoms with Gasteiger partial charge in [-0.3, -0.25) is 9.59 Å². The van der Waals surface area contributed by atoms with Crippen molar-refractivity contribution < 1.29 is 33.3 Å². The highest BCUT2D eigenvalue weighted by atomic mass is 16.9. The minimum atomic E-state index is -0.819. The van der Waals surface area contributed by atoms with Crippen molar-refractivity contribution in [3.63, 3.8) is 0 Å². The maximum atomic E-state index is 13.7. The third-order valence-corrected chi connectivity index (χ3v) is 7.10. The monoisotopic (exact) mass is 458 g/mol. The number of carbonyl (C=O) groups is 2. The molecule has 9 heteroatoms. The van der Waals surface area contributed by atoms with Gasteiger partial charge in [-0.1, -0.05) is 12.1 Å². The van der Waals surface area contributed by atoms with Crippen molar-refractivity contribution in [1.29, 1.82) is 0 Å². The number of benzene rings is 1. The van der Waals surface area contributed by atoms with Crippen molar-refractivity contribution >= 4 is 17.5 Å². The number of fused-ring (bicyclic) bond motifs is 5. The molecule has 0 radical (unpaired) electrons. The fourth-order valence-corrected chi connectivity index (χ4v) is 5.82. The van der Waals surface area contributed by atoms with Crippen molar-refractivity contribution in [3.05, 3.63) is 29.8 Å². The van der Waals surface area contributed by atoms with Crippen LogP contribution in [0.25, 0.3) is 0 Å². The number of amides is 2. The number of hydrogen-bond donors (Lipinski definition) is 0. The van der Waals surface area contributed by atoms with E-state index < -0.39 is 48.3 Å². The van der Waals surface area contributed by atoms with E-state index in [4.69, 9.17) is 23.7 Å². The van der Waals surface area contributed by atoms with Gasteiger partial charge in [-0.05, 0) is 52.7 Å². The summed E-state index contributed by atoms with van der Waals surface area (Å²) in [5.74, 6) is -1.81. The third kappa shape index (κ3) is 3.40. The van der Waals surface area contributed by atoms with Crippen LogP contribution < -0.4 is 4.90 Å². The maximum Gasteiger partial charge on any atom is 0.256 e. The molecule has 0 unspecified atom stereocenters. The highest BCUT2D eigenvalue weighted by molar-refractivity contribution is 6.11. The molecule has 4 fully saturated rings. The Hall–Kier alpha value is -2.04. The Bertz CT molecular complexity index is 995. The second-order valence-corrected chi connectivity index (χ2v) is 10.3. The summed E-state index contributed by atoms with van der Waals surface area (Å²) in [6.45, 7) is 8.22. The fourth-order valence-electron chi connectivity index (χ4n) is 5.82. The smallest absolute Gasteiger partial charge is 0.256 e. The Morgan fingerprint density at radius 1 is 0.939 bits per heavy atom. The first-order chi connectivity index (χ1) is 15.6. The van der Waals surface area contributed by atoms with E-state index in [9.17, 15) is 9.59 Å². The molecule has 0 bridgehead atoms. The quantitative estimate of drug-likeness (QED) is 0.670. The van der Waals surface area contributed by atoms with E-state index in [1.54, 1.807) is 15.9 Å². The number of para-hydroxylation sites is 1. The Kier molecular flexibility index (Phi) is 4.71. The summed E-state index contributed by atoms with van der Waals surface area (Å²) in [5.41, 5.74) is 1.14. The molecule has 9 nitrogen and oxygen atoms in total. The molecule has 1 aromatic rings. The topological polar surface area (TPSA) is 86.8 Å². The molecule has 178 valence electrons. The van der Waals surface area contributed by atoms with Crippen molar-refractivity contribution in [2.45, 2.75) is 88.9 Å². The van der Waals surface area contributed by atoms with Gasteiger partial charge in [0.25, 0.3) is 5.91 Å². The van der Waals surface area contributed by atoms with Crippen molar-refractivity contribution in [1.82, 2.24) is 4.90 Å². The lowest BCUT2D eigenvalue weighted by Crippen LogP contribution is -2.59. The lowest BCUT2D eigenvalue weighted by atomic mass is 9.98. The summed E-state index contributed by atoms with van der Waals surface area (Å²) in [5, 5.41) is 0. The molecular formula is C24H30N2O7. The van der Waals surface area contributed by atoms with E-state index >= 15 is 0 Å². The van der Waals surface area contributed by atoms with Gasteiger partial charge in [-0.15, -0.1) is 0 Å². The predicted molar refractivity (Wildman–Crippen MR) is 115 cm³/mol. The molecule has 0 saturated carbocycles. The maximum absolute atomic E-state index is 13.7. The van der Waals surface area contributed by atoms with Gasteiger partial charge in [0.2, 0.25) is 5.91 Å². The van der Waals surface area contributed by atoms with Crippen LogP contribution in [0.15, 0.2) is 24.3 Å². The van der Waals surface area contributed by atoms with Crippen molar-refractivity contribution in [3.8, 4) is 0 Å². The second kappa shape index (κ2) is 7.23. The summed E-state index contributed by atoms with van der Waals surface area (Å²) < 4.78 is 30.9. The second-order valence-electron chi connectivity index (χ2n) is 10.3. The largest absolute Gasteiger partial charge is 0.342 e. The van der Waals surface area contributed by atoms with Gasteiger partial charge in [0.15, 0.2) is 17.9 Å². The molecule has 4 saturated heterocycles. The number of carbonyl (C=O) groups excluding carboxylic acids is 2. The molecule has 0 aromatic heterocycles. The normalized spacial score (nSPS) is 38.5. The van der Waals surface area contributed by atoms with Gasteiger partial charge in [0, 0.05) is 6.54 Å². The predicted octanol–water partition coefficient (Wildman–Crippen LogP) is 2.03. The molecule has 5 aliphatic rings. The van der Waals surface area contributed by atoms with Crippen molar-refractivity contribution in [2.75, 3.05) is 18.0 Å². The van der Waals surface area contributed by atoms with Crippen LogP contribution in [-0.2, 0) is 28.5 Å². The Labute approximate surface area is 192 Å². The van der Waals surface area contributed by atoms with Gasteiger partial charge in [-0.2, -0.15) is 0 Å². The van der Waals surface area contributed by atoms with Crippen LogP contribution in [0.4, 0.5) is 5.69 Å². The molecule has 0 N–H and O–H groups in total. The number of nitrogens with zero attached hydrogens (tertiary/aromatic N) is 2. The van der Waals surface area contributed by atoms with Gasteiger partial charge >= 0.3 is 0 Å². The van der Waals surface area contributed by atoms with Crippen LogP contribution in [0.1, 0.15) is 50.9 Å². The Balaban J connectivity index is 1.36. The summed E-state index contributed by atoms with van der Waals surface area (Å²) in [7, 11) is 0. The van der Waals surface area contributed by atoms with Crippen LogP contribution >= 0.6 is 0 Å². The Morgan fingerprint density at radius 2 is 1.64 bits per heavy atom. The van der Waals surface area contributed by atoms with Gasteiger partial charge in [0.05, 0.1) is 17.8 Å². The molecule has 33 heavy (non-hydrogen) atoms. The van der Waals surface area contributed by atoms with Crippen LogP contribution in [0.2, 0.25) is 0 Å². The Morgan fingerprint density at radius 3 is 2.45 bits per heavy atom. The first-order valence-electron chi connectivity index (χ1n) is 11.7. The molecular weight excluding hydrogens is 428 g/mol. The molecule has 6 rings (SSSR count). The average molecular weight is 459 g/mol. The lowest BCUT2D eigenvalue weighted by Gasteiger charge is -2.39. The highest BCUT2D eigenvalue weighted by Crippen LogP contribution is 2.45. The third-order valence-electron chi connectivity index (χ3n) is 7.10. The summed E-state index contributed by atoms with van der Waals surface area (Å²) >= 11 is 0. The zero-order chi connectivity index (χ0) is 23.1. The SMILES string of the molecule is CC1(C)O[C@H]2[C@@H](O1)[C@@H](CN1C(=O)[C@H]3CCCN3C(=O)c3ccccc31)O[C@@H]1OC(C)(C)O[C@@H]12. The van der Waals surface area contributed by atoms with Crippen LogP contribution in [0.5, 0.6) is 0 Å². The molecule has 2 amide bonds. The molecule has 1 aromatic carbocycles. The minimum Gasteiger partial charge on any atom is -0.342 e. The average Bonchev–Trinajstić information content (AvgIpc) is 3.43. The van der Waals surface area contributed by atoms with Crippen LogP contribution in [0.3, 0.4) is 0 Å². The van der Waals surface area contributed by atoms with Crippen LogP contribution in [-0.4, -0.2) is 78.1 Å². The van der Waals surface area contributed by atoms with E-state index in [0.29, 0.717) is 24.2 Å². The number of ether oxygens (including phenoxy) is 5. The first-order valence-corrected chi connectivity index (χ1v) is 11.7. The summed E-state index contributed by atoms with van der Waals surface area (Å²) in [6, 6.07) is 6.83. The first kappa shape index (κ1) is 21.5. The van der Waals surface area contributed by atoms with E-state index in [2.05, 4.69) is 0 Å². The van der Waals surface area contributed by atoms with E-state index in [1.165, 1.54) is 0 Å². The minimum absolute atomic E-state index is 0.0878. The number of anilines is 1. The molecule has 5 aliphatic heterocycles. The standard InChI is InChI=1S/C24H30N2O7/c1-23(2)30-17-16(29-22-19(18(17)31-23)32-24(3,4)33-22)12-26-14-9-6-5-8-13(14)20(27)25-11-7-10-15(25)21(26)28/h5-6,8-9,15-19,22H,7,10-12H2,1-4H3/t15-,16-,17+,18+,19-,22-/m1/s1. The van der Waals surface area contributed by atoms with Gasteiger partial charge in [-0.25, -0.2) is 0 Å². The summed E-state index contributed by atoms with van der Waals surface area (Å²) in [4.78, 5) is 30.3. The lowest BCUT2D eigenvalue weighted by molar-refractivity contribution is -0.231. The fraction of sp³-hybridized carbons (Fsp3) is 0.667. The number of hydrogen-bond acceptors (Lipinski definition) is 7. The molecule has 6 atom stereocenters. The van der Waals surface area contributed by atoms with Crippen LogP contribution in [0, 0.1) is 0 Å². The van der Waals surface area contributed by atoms with Crippen molar-refractivity contribution in [2.24, 2.45) is 0 Å². The number of rotatable bonds is 2. The zero-order valence-electron chi connectivity index (χ0n) is 19.4. The van der Waals surface area contributed by atoms with Gasteiger partial charge < -0.3 is 33.5 Å². The van der Waals surface area contributed by atoms with E-state index in [-0.39, 0.29) is 18.4 Å². The van der Waals surface area contributed by atoms with Gasteiger partial charge in [0.1, 0.15) is 30.5 Å². The molecule has 5 heterocycles. The molecule has 0 spiro atoms. The van der Waals surface area contributed by atoms with E-state index in [1.807, 2.05) is 45.9 Å². The zero-order valence-corrected chi connectivity index (χ0v) is 19.4.